The van der Waals surface area contributed by atoms with Crippen molar-refractivity contribution in [2.45, 2.75) is 32.7 Å². The predicted octanol–water partition coefficient (Wildman–Crippen LogP) is 1.36. The molecule has 1 atom stereocenters. The molecular formula is C12H20N4. The Bertz CT molecular complexity index is 316. The number of likely N-dealkylation sites (N-methyl/N-ethyl adjacent to an activating group) is 1. The van der Waals surface area contributed by atoms with Crippen molar-refractivity contribution in [3.63, 3.8) is 0 Å². The molecule has 88 valence electrons. The highest BCUT2D eigenvalue weighted by molar-refractivity contribution is 5.37. The summed E-state index contributed by atoms with van der Waals surface area (Å²) in [7, 11) is 0. The third-order valence-corrected chi connectivity index (χ3v) is 3.09. The Balaban J connectivity index is 2.00. The van der Waals surface area contributed by atoms with Gasteiger partial charge in [0.15, 0.2) is 5.82 Å². The molecule has 1 aliphatic heterocycles. The lowest BCUT2D eigenvalue weighted by Crippen LogP contribution is -2.38. The third kappa shape index (κ3) is 2.70. The molecule has 1 unspecified atom stereocenters. The Morgan fingerprint density at radius 3 is 2.88 bits per heavy atom. The zero-order chi connectivity index (χ0) is 11.4. The van der Waals surface area contributed by atoms with Crippen LogP contribution in [-0.2, 0) is 0 Å². The summed E-state index contributed by atoms with van der Waals surface area (Å²) < 4.78 is 0. The van der Waals surface area contributed by atoms with Gasteiger partial charge >= 0.3 is 0 Å². The first-order valence-electron chi connectivity index (χ1n) is 6.08. The molecule has 0 bridgehead atoms. The highest BCUT2D eigenvalue weighted by atomic mass is 15.3. The summed E-state index contributed by atoms with van der Waals surface area (Å²) in [5, 5.41) is 11.9. The van der Waals surface area contributed by atoms with E-state index in [0.29, 0.717) is 6.04 Å². The van der Waals surface area contributed by atoms with Crippen molar-refractivity contribution in [1.29, 1.82) is 0 Å². The number of anilines is 1. The molecule has 1 fully saturated rings. The van der Waals surface area contributed by atoms with Crippen LogP contribution in [0, 0.1) is 6.92 Å². The van der Waals surface area contributed by atoms with Crippen molar-refractivity contribution in [3.05, 3.63) is 17.8 Å². The fourth-order valence-corrected chi connectivity index (χ4v) is 2.12. The highest BCUT2D eigenvalue weighted by Gasteiger charge is 2.17. The molecule has 1 N–H and O–H groups in total. The maximum atomic E-state index is 4.24. The predicted molar refractivity (Wildman–Crippen MR) is 65.7 cm³/mol. The minimum absolute atomic E-state index is 0.614. The average Bonchev–Trinajstić information content (AvgIpc) is 2.80. The van der Waals surface area contributed by atoms with E-state index >= 15 is 0 Å². The van der Waals surface area contributed by atoms with Gasteiger partial charge < -0.3 is 10.2 Å². The fraction of sp³-hybridized carbons (Fsp3) is 0.667. The van der Waals surface area contributed by atoms with Gasteiger partial charge in [0.2, 0.25) is 0 Å². The number of nitrogens with zero attached hydrogens (tertiary/aromatic N) is 3. The van der Waals surface area contributed by atoms with Crippen LogP contribution in [0.1, 0.15) is 25.5 Å². The SMILES string of the molecule is CCN(CC1CCCN1)c1ccc(C)nn1. The molecule has 1 aliphatic rings. The van der Waals surface area contributed by atoms with Crippen LogP contribution in [0.2, 0.25) is 0 Å². The van der Waals surface area contributed by atoms with Crippen LogP contribution < -0.4 is 10.2 Å². The Hall–Kier alpha value is -1.16. The van der Waals surface area contributed by atoms with E-state index in [1.165, 1.54) is 12.8 Å². The summed E-state index contributed by atoms with van der Waals surface area (Å²) in [6, 6.07) is 4.69. The van der Waals surface area contributed by atoms with E-state index in [4.69, 9.17) is 0 Å². The average molecular weight is 220 g/mol. The van der Waals surface area contributed by atoms with Crippen LogP contribution in [0.5, 0.6) is 0 Å². The molecule has 16 heavy (non-hydrogen) atoms. The van der Waals surface area contributed by atoms with Crippen LogP contribution >= 0.6 is 0 Å². The second kappa shape index (κ2) is 5.25. The fourth-order valence-electron chi connectivity index (χ4n) is 2.12. The summed E-state index contributed by atoms with van der Waals surface area (Å²) in [5.41, 5.74) is 0.971. The van der Waals surface area contributed by atoms with Crippen molar-refractivity contribution < 1.29 is 0 Å². The number of rotatable bonds is 4. The second-order valence-corrected chi connectivity index (χ2v) is 4.36. The van der Waals surface area contributed by atoms with Crippen LogP contribution in [0.4, 0.5) is 5.82 Å². The summed E-state index contributed by atoms with van der Waals surface area (Å²) in [6.45, 7) is 7.30. The molecule has 4 nitrogen and oxygen atoms in total. The monoisotopic (exact) mass is 220 g/mol. The molecule has 0 aliphatic carbocycles. The first-order chi connectivity index (χ1) is 7.79. The molecule has 0 amide bonds. The Kier molecular flexibility index (Phi) is 3.72. The molecule has 1 aromatic rings. The lowest BCUT2D eigenvalue weighted by atomic mass is 10.2. The third-order valence-electron chi connectivity index (χ3n) is 3.09. The number of aryl methyl sites for hydroxylation is 1. The second-order valence-electron chi connectivity index (χ2n) is 4.36. The van der Waals surface area contributed by atoms with Gasteiger partial charge in [-0.3, -0.25) is 0 Å². The topological polar surface area (TPSA) is 41.0 Å². The van der Waals surface area contributed by atoms with Crippen LogP contribution in [0.3, 0.4) is 0 Å². The van der Waals surface area contributed by atoms with E-state index in [9.17, 15) is 0 Å². The van der Waals surface area contributed by atoms with Crippen LogP contribution in [-0.4, -0.2) is 35.9 Å². The van der Waals surface area contributed by atoms with Crippen LogP contribution in [0.25, 0.3) is 0 Å². The molecular weight excluding hydrogens is 200 g/mol. The molecule has 1 aromatic heterocycles. The van der Waals surface area contributed by atoms with Gasteiger partial charge in [-0.05, 0) is 45.4 Å². The van der Waals surface area contributed by atoms with Crippen molar-refractivity contribution in [2.24, 2.45) is 0 Å². The smallest absolute Gasteiger partial charge is 0.151 e. The van der Waals surface area contributed by atoms with Crippen LogP contribution in [0.15, 0.2) is 12.1 Å². The standard InChI is InChI=1S/C12H20N4/c1-3-16(9-11-5-4-8-13-11)12-7-6-10(2)14-15-12/h6-7,11,13H,3-5,8-9H2,1-2H3. The molecule has 1 saturated heterocycles. The Labute approximate surface area is 97.1 Å². The molecule has 0 aromatic carbocycles. The van der Waals surface area contributed by atoms with E-state index < -0.39 is 0 Å². The molecule has 2 heterocycles. The van der Waals surface area contributed by atoms with Gasteiger partial charge in [-0.15, -0.1) is 5.10 Å². The minimum atomic E-state index is 0.614. The normalized spacial score (nSPS) is 20.0. The van der Waals surface area contributed by atoms with Gasteiger partial charge in [-0.25, -0.2) is 0 Å². The summed E-state index contributed by atoms with van der Waals surface area (Å²) in [4.78, 5) is 2.29. The minimum Gasteiger partial charge on any atom is -0.354 e. The molecule has 2 rings (SSSR count). The molecule has 0 saturated carbocycles. The van der Waals surface area contributed by atoms with E-state index in [-0.39, 0.29) is 0 Å². The summed E-state index contributed by atoms with van der Waals surface area (Å²) in [6.07, 6.45) is 2.57. The Morgan fingerprint density at radius 2 is 2.31 bits per heavy atom. The quantitative estimate of drug-likeness (QED) is 0.832. The largest absolute Gasteiger partial charge is 0.354 e. The Morgan fingerprint density at radius 1 is 1.44 bits per heavy atom. The number of hydrogen-bond acceptors (Lipinski definition) is 4. The van der Waals surface area contributed by atoms with Crippen molar-refractivity contribution in [3.8, 4) is 0 Å². The van der Waals surface area contributed by atoms with E-state index in [0.717, 1.165) is 31.1 Å². The zero-order valence-electron chi connectivity index (χ0n) is 10.1. The van der Waals surface area contributed by atoms with Gasteiger partial charge in [0.1, 0.15) is 0 Å². The molecule has 0 spiro atoms. The first kappa shape index (κ1) is 11.3. The maximum absolute atomic E-state index is 4.24. The highest BCUT2D eigenvalue weighted by Crippen LogP contribution is 2.13. The summed E-state index contributed by atoms with van der Waals surface area (Å²) >= 11 is 0. The molecule has 4 heteroatoms. The number of aromatic nitrogens is 2. The van der Waals surface area contributed by atoms with Gasteiger partial charge in [0.05, 0.1) is 5.69 Å². The van der Waals surface area contributed by atoms with Gasteiger partial charge in [0.25, 0.3) is 0 Å². The van der Waals surface area contributed by atoms with E-state index in [2.05, 4.69) is 33.4 Å². The number of hydrogen-bond donors (Lipinski definition) is 1. The molecule has 0 radical (unpaired) electrons. The first-order valence-corrected chi connectivity index (χ1v) is 6.08. The lowest BCUT2D eigenvalue weighted by molar-refractivity contribution is 0.582. The number of nitrogens with one attached hydrogen (secondary N) is 1. The lowest BCUT2D eigenvalue weighted by Gasteiger charge is -2.24. The maximum Gasteiger partial charge on any atom is 0.151 e. The van der Waals surface area contributed by atoms with Gasteiger partial charge in [0, 0.05) is 19.1 Å². The van der Waals surface area contributed by atoms with E-state index in [1.807, 2.05) is 13.0 Å². The van der Waals surface area contributed by atoms with Gasteiger partial charge in [-0.1, -0.05) is 0 Å². The van der Waals surface area contributed by atoms with Crippen molar-refractivity contribution in [2.75, 3.05) is 24.5 Å². The zero-order valence-corrected chi connectivity index (χ0v) is 10.1. The van der Waals surface area contributed by atoms with E-state index in [1.54, 1.807) is 0 Å². The summed E-state index contributed by atoms with van der Waals surface area (Å²) in [5.74, 6) is 0.988. The van der Waals surface area contributed by atoms with Crippen molar-refractivity contribution in [1.82, 2.24) is 15.5 Å². The van der Waals surface area contributed by atoms with Crippen molar-refractivity contribution >= 4 is 5.82 Å². The van der Waals surface area contributed by atoms with Gasteiger partial charge in [-0.2, -0.15) is 5.10 Å².